The van der Waals surface area contributed by atoms with Crippen molar-refractivity contribution in [3.8, 4) is 0 Å². The molecule has 2 rings (SSSR count). The molecule has 0 spiro atoms. The third-order valence-electron chi connectivity index (χ3n) is 2.68. The monoisotopic (exact) mass is 310 g/mol. The van der Waals surface area contributed by atoms with Gasteiger partial charge in [-0.3, -0.25) is 4.79 Å². The normalized spacial score (nSPS) is 11.6. The Balaban J connectivity index is 1.95. The van der Waals surface area contributed by atoms with E-state index in [1.54, 1.807) is 16.7 Å². The number of nitrogens with two attached hydrogens (primary N) is 1. The first-order valence-electron chi connectivity index (χ1n) is 6.27. The molecule has 0 aliphatic rings. The molecule has 3 N–H and O–H groups in total. The molecule has 2 heterocycles. The first-order chi connectivity index (χ1) is 9.40. The first kappa shape index (κ1) is 15.1. The molecule has 0 saturated carbocycles. The van der Waals surface area contributed by atoms with Crippen molar-refractivity contribution in [1.82, 2.24) is 15.3 Å². The van der Waals surface area contributed by atoms with E-state index < -0.39 is 0 Å². The average molecular weight is 310 g/mol. The molecule has 0 bridgehead atoms. The summed E-state index contributed by atoms with van der Waals surface area (Å²) in [5.41, 5.74) is 6.98. The first-order valence-corrected chi connectivity index (χ1v) is 8.03. The van der Waals surface area contributed by atoms with Crippen molar-refractivity contribution < 1.29 is 4.79 Å². The van der Waals surface area contributed by atoms with E-state index in [2.05, 4.69) is 36.1 Å². The van der Waals surface area contributed by atoms with E-state index in [-0.39, 0.29) is 11.3 Å². The number of carbonyl (C=O) groups is 1. The Morgan fingerprint density at radius 3 is 2.50 bits per heavy atom. The fourth-order valence-corrected chi connectivity index (χ4v) is 3.11. The van der Waals surface area contributed by atoms with Crippen molar-refractivity contribution >= 4 is 28.6 Å². The van der Waals surface area contributed by atoms with Gasteiger partial charge in [-0.05, 0) is 0 Å². The molecule has 7 heteroatoms. The highest BCUT2D eigenvalue weighted by Gasteiger charge is 2.18. The van der Waals surface area contributed by atoms with Crippen LogP contribution in [-0.2, 0) is 18.5 Å². The second-order valence-electron chi connectivity index (χ2n) is 5.39. The molecule has 0 unspecified atom stereocenters. The summed E-state index contributed by atoms with van der Waals surface area (Å²) in [5, 5.41) is 8.25. The number of amides is 1. The number of carbonyl (C=O) groups excluding carboxylic acids is 1. The van der Waals surface area contributed by atoms with Gasteiger partial charge in [0.15, 0.2) is 0 Å². The highest BCUT2D eigenvalue weighted by molar-refractivity contribution is 7.10. The van der Waals surface area contributed by atoms with Crippen LogP contribution in [0.25, 0.3) is 0 Å². The zero-order valence-electron chi connectivity index (χ0n) is 11.8. The lowest BCUT2D eigenvalue weighted by Crippen LogP contribution is -2.23. The molecular weight excluding hydrogens is 292 g/mol. The van der Waals surface area contributed by atoms with Crippen LogP contribution < -0.4 is 11.1 Å². The molecule has 0 aliphatic carbocycles. The summed E-state index contributed by atoms with van der Waals surface area (Å²) >= 11 is 2.96. The van der Waals surface area contributed by atoms with Crippen LogP contribution in [-0.4, -0.2) is 15.9 Å². The molecule has 108 valence electrons. The third kappa shape index (κ3) is 3.62. The summed E-state index contributed by atoms with van der Waals surface area (Å²) in [6.07, 6.45) is 0. The molecule has 2 aromatic rings. The molecule has 1 amide bonds. The van der Waals surface area contributed by atoms with Crippen LogP contribution in [0.2, 0.25) is 0 Å². The Hall–Kier alpha value is -1.31. The van der Waals surface area contributed by atoms with Crippen LogP contribution in [0.3, 0.4) is 0 Å². The number of hydrogen-bond acceptors (Lipinski definition) is 6. The van der Waals surface area contributed by atoms with Crippen LogP contribution in [0.5, 0.6) is 0 Å². The summed E-state index contributed by atoms with van der Waals surface area (Å²) in [5.74, 6) is -0.187. The van der Waals surface area contributed by atoms with Crippen LogP contribution in [0.1, 0.15) is 47.0 Å². The van der Waals surface area contributed by atoms with E-state index in [0.717, 1.165) is 15.7 Å². The van der Waals surface area contributed by atoms with Crippen molar-refractivity contribution in [1.29, 1.82) is 0 Å². The topological polar surface area (TPSA) is 80.9 Å². The number of aromatic nitrogens is 2. The predicted octanol–water partition coefficient (Wildman–Crippen LogP) is 2.29. The maximum atomic E-state index is 11.9. The zero-order chi connectivity index (χ0) is 14.8. The largest absolute Gasteiger partial charge is 0.344 e. The summed E-state index contributed by atoms with van der Waals surface area (Å²) < 4.78 is 0. The van der Waals surface area contributed by atoms with E-state index in [1.807, 2.05) is 5.38 Å². The van der Waals surface area contributed by atoms with Gasteiger partial charge >= 0.3 is 0 Å². The second-order valence-corrected chi connectivity index (χ2v) is 7.28. The van der Waals surface area contributed by atoms with Crippen molar-refractivity contribution in [2.24, 2.45) is 5.73 Å². The van der Waals surface area contributed by atoms with Gasteiger partial charge in [0.2, 0.25) is 0 Å². The summed E-state index contributed by atoms with van der Waals surface area (Å²) in [6, 6.07) is 0. The number of nitrogens with zero attached hydrogens (tertiary/aromatic N) is 2. The van der Waals surface area contributed by atoms with Crippen LogP contribution in [0.4, 0.5) is 0 Å². The molecule has 0 aliphatic heterocycles. The van der Waals surface area contributed by atoms with Crippen molar-refractivity contribution in [2.45, 2.75) is 39.3 Å². The standard InChI is InChI=1S/C13H18N4OS2/c1-13(2,3)9-7-20-11(17-9)5-15-12(18)8-6-19-10(4-14)16-8/h6-7H,4-5,14H2,1-3H3,(H,15,18). The van der Waals surface area contributed by atoms with Gasteiger partial charge in [-0.25, -0.2) is 9.97 Å². The van der Waals surface area contributed by atoms with E-state index in [0.29, 0.717) is 18.8 Å². The SMILES string of the molecule is CC(C)(C)c1csc(CNC(=O)c2csc(CN)n2)n1. The summed E-state index contributed by atoms with van der Waals surface area (Å²) in [7, 11) is 0. The molecule has 0 saturated heterocycles. The van der Waals surface area contributed by atoms with Gasteiger partial charge in [-0.1, -0.05) is 20.8 Å². The summed E-state index contributed by atoms with van der Waals surface area (Å²) in [6.45, 7) is 7.14. The highest BCUT2D eigenvalue weighted by Crippen LogP contribution is 2.23. The van der Waals surface area contributed by atoms with E-state index in [9.17, 15) is 4.79 Å². The van der Waals surface area contributed by atoms with E-state index >= 15 is 0 Å². The van der Waals surface area contributed by atoms with E-state index in [1.165, 1.54) is 11.3 Å². The Kier molecular flexibility index (Phi) is 4.52. The third-order valence-corrected chi connectivity index (χ3v) is 4.40. The molecule has 0 aromatic carbocycles. The smallest absolute Gasteiger partial charge is 0.271 e. The Labute approximate surface area is 126 Å². The highest BCUT2D eigenvalue weighted by atomic mass is 32.1. The predicted molar refractivity (Wildman–Crippen MR) is 82.0 cm³/mol. The van der Waals surface area contributed by atoms with Crippen molar-refractivity contribution in [3.05, 3.63) is 32.2 Å². The lowest BCUT2D eigenvalue weighted by atomic mass is 9.93. The fourth-order valence-electron chi connectivity index (χ4n) is 1.49. The zero-order valence-corrected chi connectivity index (χ0v) is 13.4. The average Bonchev–Trinajstić information content (AvgIpc) is 3.04. The Bertz CT molecular complexity index is 598. The molecular formula is C13H18N4OS2. The molecule has 20 heavy (non-hydrogen) atoms. The quantitative estimate of drug-likeness (QED) is 0.908. The van der Waals surface area contributed by atoms with Gasteiger partial charge in [0, 0.05) is 22.7 Å². The van der Waals surface area contributed by atoms with Gasteiger partial charge in [-0.15, -0.1) is 22.7 Å². The molecule has 0 radical (unpaired) electrons. The number of nitrogens with one attached hydrogen (secondary N) is 1. The van der Waals surface area contributed by atoms with Gasteiger partial charge < -0.3 is 11.1 Å². The number of thiazole rings is 2. The number of rotatable bonds is 4. The fraction of sp³-hybridized carbons (Fsp3) is 0.462. The summed E-state index contributed by atoms with van der Waals surface area (Å²) in [4.78, 5) is 20.6. The minimum absolute atomic E-state index is 0.0314. The van der Waals surface area contributed by atoms with Gasteiger partial charge in [0.1, 0.15) is 15.7 Å². The van der Waals surface area contributed by atoms with Gasteiger partial charge in [0.05, 0.1) is 12.2 Å². The molecule has 5 nitrogen and oxygen atoms in total. The Morgan fingerprint density at radius 2 is 1.95 bits per heavy atom. The molecule has 2 aromatic heterocycles. The second kappa shape index (κ2) is 5.99. The maximum Gasteiger partial charge on any atom is 0.271 e. The molecule has 0 fully saturated rings. The maximum absolute atomic E-state index is 11.9. The number of hydrogen-bond donors (Lipinski definition) is 2. The van der Waals surface area contributed by atoms with Crippen molar-refractivity contribution in [2.75, 3.05) is 0 Å². The lowest BCUT2D eigenvalue weighted by molar-refractivity contribution is 0.0946. The van der Waals surface area contributed by atoms with Gasteiger partial charge in [-0.2, -0.15) is 0 Å². The van der Waals surface area contributed by atoms with Crippen molar-refractivity contribution in [3.63, 3.8) is 0 Å². The van der Waals surface area contributed by atoms with Gasteiger partial charge in [0.25, 0.3) is 5.91 Å². The van der Waals surface area contributed by atoms with Crippen LogP contribution >= 0.6 is 22.7 Å². The lowest BCUT2D eigenvalue weighted by Gasteiger charge is -2.14. The minimum atomic E-state index is -0.187. The van der Waals surface area contributed by atoms with Crippen LogP contribution in [0.15, 0.2) is 10.8 Å². The Morgan fingerprint density at radius 1 is 1.25 bits per heavy atom. The molecule has 0 atom stereocenters. The minimum Gasteiger partial charge on any atom is -0.344 e. The van der Waals surface area contributed by atoms with Crippen LogP contribution in [0, 0.1) is 0 Å². The van der Waals surface area contributed by atoms with E-state index in [4.69, 9.17) is 5.73 Å².